The zero-order chi connectivity index (χ0) is 29.1. The summed E-state index contributed by atoms with van der Waals surface area (Å²) in [5.74, 6) is -5.71. The Kier molecular flexibility index (Phi) is 11.4. The van der Waals surface area contributed by atoms with Crippen LogP contribution in [0.5, 0.6) is 5.75 Å². The van der Waals surface area contributed by atoms with Gasteiger partial charge >= 0.3 is 11.9 Å². The number of hydrogen-bond acceptors (Lipinski definition) is 8. The summed E-state index contributed by atoms with van der Waals surface area (Å²) in [5.41, 5.74) is 7.36. The van der Waals surface area contributed by atoms with Crippen molar-refractivity contribution in [2.24, 2.45) is 5.73 Å². The van der Waals surface area contributed by atoms with E-state index in [4.69, 9.17) is 10.8 Å². The third kappa shape index (κ3) is 10.1. The lowest BCUT2D eigenvalue weighted by Gasteiger charge is -2.26. The number of nitrogens with one attached hydrogen (secondary N) is 3. The van der Waals surface area contributed by atoms with E-state index in [1.807, 2.05) is 5.32 Å². The number of carbonyl (C=O) groups excluding carboxylic acids is 3. The van der Waals surface area contributed by atoms with Crippen LogP contribution in [0.15, 0.2) is 54.6 Å². The molecule has 2 aromatic carbocycles. The minimum atomic E-state index is -1.80. The Morgan fingerprint density at radius 1 is 0.769 bits per heavy atom. The molecule has 0 aliphatic carbocycles. The summed E-state index contributed by atoms with van der Waals surface area (Å²) in [5, 5.41) is 44.5. The Balaban J connectivity index is 2.19. The number of nitrogens with two attached hydrogens (primary N) is 1. The molecule has 0 aromatic heterocycles. The van der Waals surface area contributed by atoms with Crippen molar-refractivity contribution in [1.29, 1.82) is 0 Å². The Bertz CT molecular complexity index is 1160. The van der Waals surface area contributed by atoms with Crippen molar-refractivity contribution in [2.75, 3.05) is 0 Å². The molecule has 2 rings (SSSR count). The summed E-state index contributed by atoms with van der Waals surface area (Å²) < 4.78 is 0. The van der Waals surface area contributed by atoms with Crippen LogP contribution in [0.1, 0.15) is 24.5 Å². The average molecular weight is 545 g/mol. The van der Waals surface area contributed by atoms with Crippen molar-refractivity contribution >= 4 is 29.7 Å². The highest BCUT2D eigenvalue weighted by molar-refractivity contribution is 5.95. The van der Waals surface area contributed by atoms with Crippen LogP contribution in [-0.4, -0.2) is 80.4 Å². The van der Waals surface area contributed by atoms with Crippen molar-refractivity contribution in [3.05, 3.63) is 65.7 Å². The Hall–Kier alpha value is -4.49. The van der Waals surface area contributed by atoms with Gasteiger partial charge in [0, 0.05) is 6.42 Å². The van der Waals surface area contributed by atoms with Crippen molar-refractivity contribution in [1.82, 2.24) is 16.0 Å². The van der Waals surface area contributed by atoms with Gasteiger partial charge in [0.1, 0.15) is 23.9 Å². The van der Waals surface area contributed by atoms with E-state index in [9.17, 15) is 39.3 Å². The van der Waals surface area contributed by atoms with E-state index in [2.05, 4.69) is 10.6 Å². The van der Waals surface area contributed by atoms with Gasteiger partial charge in [-0.3, -0.25) is 19.2 Å². The number of amides is 3. The molecule has 39 heavy (non-hydrogen) atoms. The molecule has 0 fully saturated rings. The van der Waals surface area contributed by atoms with E-state index in [0.717, 1.165) is 0 Å². The fourth-order valence-electron chi connectivity index (χ4n) is 3.61. The zero-order valence-electron chi connectivity index (χ0n) is 21.1. The van der Waals surface area contributed by atoms with E-state index in [1.165, 1.54) is 19.1 Å². The molecule has 3 amide bonds. The number of carboxylic acid groups (broad SMARTS) is 2. The van der Waals surface area contributed by atoms with Crippen molar-refractivity contribution in [3.8, 4) is 5.75 Å². The van der Waals surface area contributed by atoms with Gasteiger partial charge in [-0.25, -0.2) is 4.79 Å². The third-order valence-electron chi connectivity index (χ3n) is 5.70. The molecule has 0 aliphatic rings. The quantitative estimate of drug-likeness (QED) is 0.143. The van der Waals surface area contributed by atoms with Crippen LogP contribution in [0, 0.1) is 0 Å². The number of phenols is 1. The molecule has 5 atom stereocenters. The van der Waals surface area contributed by atoms with Crippen molar-refractivity contribution in [2.45, 2.75) is 56.5 Å². The van der Waals surface area contributed by atoms with E-state index < -0.39 is 66.4 Å². The van der Waals surface area contributed by atoms with Crippen molar-refractivity contribution < 1.29 is 44.4 Å². The first-order valence-electron chi connectivity index (χ1n) is 12.0. The van der Waals surface area contributed by atoms with Crippen LogP contribution < -0.4 is 21.7 Å². The average Bonchev–Trinajstić information content (AvgIpc) is 2.87. The second-order valence-corrected chi connectivity index (χ2v) is 8.95. The standard InChI is InChI=1S/C26H32N4O9/c1-14(31)22(25(37)29-20(26(38)39)13-21(33)34)30-24(36)19(12-15-5-3-2-4-6-15)28-23(35)18(27)11-16-7-9-17(32)10-8-16/h2-10,14,18-20,22,31-32H,11-13,27H2,1H3,(H,28,35)(H,29,37)(H,30,36)(H,33,34)(H,38,39). The summed E-state index contributed by atoms with van der Waals surface area (Å²) in [6, 6.07) is 8.94. The fraction of sp³-hybridized carbons (Fsp3) is 0.346. The molecule has 0 bridgehead atoms. The maximum atomic E-state index is 13.2. The summed E-state index contributed by atoms with van der Waals surface area (Å²) in [6.07, 6.45) is -2.33. The van der Waals surface area contributed by atoms with Crippen LogP contribution in [0.4, 0.5) is 0 Å². The minimum Gasteiger partial charge on any atom is -0.508 e. The second-order valence-electron chi connectivity index (χ2n) is 8.95. The predicted molar refractivity (Wildman–Crippen MR) is 137 cm³/mol. The van der Waals surface area contributed by atoms with E-state index >= 15 is 0 Å². The van der Waals surface area contributed by atoms with E-state index in [-0.39, 0.29) is 18.6 Å². The Morgan fingerprint density at radius 2 is 1.33 bits per heavy atom. The normalized spacial score (nSPS) is 14.6. The van der Waals surface area contributed by atoms with Crippen LogP contribution in [-0.2, 0) is 36.8 Å². The molecule has 13 nitrogen and oxygen atoms in total. The summed E-state index contributed by atoms with van der Waals surface area (Å²) in [6.45, 7) is 1.18. The first kappa shape index (κ1) is 30.7. The lowest BCUT2D eigenvalue weighted by molar-refractivity contribution is -0.148. The van der Waals surface area contributed by atoms with Gasteiger partial charge in [0.25, 0.3) is 0 Å². The first-order valence-corrected chi connectivity index (χ1v) is 12.0. The minimum absolute atomic E-state index is 0.00471. The van der Waals surface area contributed by atoms with Gasteiger partial charge in [-0.2, -0.15) is 0 Å². The summed E-state index contributed by atoms with van der Waals surface area (Å²) in [7, 11) is 0. The highest BCUT2D eigenvalue weighted by Crippen LogP contribution is 2.11. The maximum absolute atomic E-state index is 13.2. The number of phenolic OH excluding ortho intramolecular Hbond substituents is 1. The Morgan fingerprint density at radius 3 is 1.87 bits per heavy atom. The van der Waals surface area contributed by atoms with Crippen LogP contribution in [0.3, 0.4) is 0 Å². The summed E-state index contributed by atoms with van der Waals surface area (Å²) >= 11 is 0. The molecule has 13 heteroatoms. The molecular weight excluding hydrogens is 512 g/mol. The van der Waals surface area contributed by atoms with E-state index in [1.54, 1.807) is 42.5 Å². The summed E-state index contributed by atoms with van der Waals surface area (Å²) in [4.78, 5) is 61.1. The van der Waals surface area contributed by atoms with Crippen molar-refractivity contribution in [3.63, 3.8) is 0 Å². The monoisotopic (exact) mass is 544 g/mol. The number of aliphatic carboxylic acids is 2. The number of aliphatic hydroxyl groups excluding tert-OH is 1. The predicted octanol–water partition coefficient (Wildman–Crippen LogP) is -1.10. The molecule has 0 radical (unpaired) electrons. The van der Waals surface area contributed by atoms with Crippen LogP contribution in [0.25, 0.3) is 0 Å². The first-order chi connectivity index (χ1) is 18.4. The zero-order valence-corrected chi connectivity index (χ0v) is 21.1. The maximum Gasteiger partial charge on any atom is 0.326 e. The van der Waals surface area contributed by atoms with Crippen LogP contribution >= 0.6 is 0 Å². The smallest absolute Gasteiger partial charge is 0.326 e. The number of rotatable bonds is 14. The van der Waals surface area contributed by atoms with Gasteiger partial charge in [0.05, 0.1) is 18.6 Å². The highest BCUT2D eigenvalue weighted by atomic mass is 16.4. The van der Waals surface area contributed by atoms with Gasteiger partial charge < -0.3 is 42.1 Å². The van der Waals surface area contributed by atoms with Gasteiger partial charge in [0.2, 0.25) is 17.7 Å². The van der Waals surface area contributed by atoms with Gasteiger partial charge in [-0.1, -0.05) is 42.5 Å². The molecule has 0 heterocycles. The SMILES string of the molecule is CC(O)C(NC(=O)C(Cc1ccccc1)NC(=O)C(N)Cc1ccc(O)cc1)C(=O)NC(CC(=O)O)C(=O)O. The third-order valence-corrected chi connectivity index (χ3v) is 5.70. The fourth-order valence-corrected chi connectivity index (χ4v) is 3.61. The molecule has 210 valence electrons. The second kappa shape index (κ2) is 14.4. The number of aromatic hydroxyl groups is 1. The molecule has 0 saturated carbocycles. The molecule has 0 spiro atoms. The molecule has 0 saturated heterocycles. The Labute approximate surface area is 224 Å². The number of hydrogen-bond donors (Lipinski definition) is 8. The lowest BCUT2D eigenvalue weighted by Crippen LogP contribution is -2.60. The van der Waals surface area contributed by atoms with E-state index in [0.29, 0.717) is 11.1 Å². The molecule has 5 unspecified atom stereocenters. The molecule has 9 N–H and O–H groups in total. The van der Waals surface area contributed by atoms with Gasteiger partial charge in [-0.05, 0) is 36.6 Å². The number of carbonyl (C=O) groups is 5. The molecular formula is C26H32N4O9. The lowest BCUT2D eigenvalue weighted by atomic mass is 10.0. The molecule has 2 aromatic rings. The topological polar surface area (TPSA) is 228 Å². The van der Waals surface area contributed by atoms with Gasteiger partial charge in [-0.15, -0.1) is 0 Å². The van der Waals surface area contributed by atoms with Crippen LogP contribution in [0.2, 0.25) is 0 Å². The molecule has 0 aliphatic heterocycles. The number of carboxylic acids is 2. The highest BCUT2D eigenvalue weighted by Gasteiger charge is 2.33. The number of benzene rings is 2. The van der Waals surface area contributed by atoms with Gasteiger partial charge in [0.15, 0.2) is 0 Å². The largest absolute Gasteiger partial charge is 0.508 e. The number of aliphatic hydroxyl groups is 1.